The smallest absolute Gasteiger partial charge is 0.272 e. The summed E-state index contributed by atoms with van der Waals surface area (Å²) >= 11 is 0. The molecule has 3 aromatic rings. The second kappa shape index (κ2) is 7.38. The predicted octanol–water partition coefficient (Wildman–Crippen LogP) is 2.79. The molecule has 27 heavy (non-hydrogen) atoms. The van der Waals surface area contributed by atoms with Crippen LogP contribution in [0.3, 0.4) is 0 Å². The summed E-state index contributed by atoms with van der Waals surface area (Å²) in [6.07, 6.45) is 10.2. The van der Waals surface area contributed by atoms with Crippen LogP contribution in [0.1, 0.15) is 29.9 Å². The minimum absolute atomic E-state index is 0.151. The third-order valence-corrected chi connectivity index (χ3v) is 3.81. The third-order valence-electron chi connectivity index (χ3n) is 3.81. The highest BCUT2D eigenvalue weighted by molar-refractivity contribution is 5.94. The van der Waals surface area contributed by atoms with Gasteiger partial charge in [-0.05, 0) is 44.2 Å². The van der Waals surface area contributed by atoms with Crippen LogP contribution in [-0.4, -0.2) is 37.9 Å². The third kappa shape index (κ3) is 4.01. The van der Waals surface area contributed by atoms with E-state index < -0.39 is 18.1 Å². The molecule has 0 atom stereocenters. The van der Waals surface area contributed by atoms with Gasteiger partial charge in [-0.1, -0.05) is 5.92 Å². The topological polar surface area (TPSA) is 72.7 Å². The molecule has 7 heteroatoms. The van der Waals surface area contributed by atoms with Crippen molar-refractivity contribution in [2.45, 2.75) is 19.4 Å². The summed E-state index contributed by atoms with van der Waals surface area (Å²) in [5.41, 5.74) is 1.66. The minimum atomic E-state index is -0.984. The molecule has 0 spiro atoms. The maximum atomic E-state index is 13.1. The van der Waals surface area contributed by atoms with E-state index in [0.717, 1.165) is 0 Å². The highest BCUT2D eigenvalue weighted by Gasteiger charge is 2.24. The average molecular weight is 363 g/mol. The van der Waals surface area contributed by atoms with Gasteiger partial charge < -0.3 is 5.32 Å². The van der Waals surface area contributed by atoms with Gasteiger partial charge in [0, 0.05) is 18.0 Å². The first-order valence-electron chi connectivity index (χ1n) is 8.25. The molecule has 0 aromatic carbocycles. The van der Waals surface area contributed by atoms with E-state index in [9.17, 15) is 9.18 Å². The second-order valence-corrected chi connectivity index (χ2v) is 6.59. The predicted molar refractivity (Wildman–Crippen MR) is 100 cm³/mol. The molecule has 1 N–H and O–H groups in total. The maximum absolute atomic E-state index is 13.1. The molecule has 0 saturated heterocycles. The number of terminal acetylenes is 1. The van der Waals surface area contributed by atoms with Crippen molar-refractivity contribution in [1.82, 2.24) is 25.1 Å². The van der Waals surface area contributed by atoms with Crippen LogP contribution in [0.25, 0.3) is 17.1 Å². The number of pyridine rings is 2. The van der Waals surface area contributed by atoms with Crippen LogP contribution in [0.2, 0.25) is 0 Å². The largest absolute Gasteiger partial charge is 0.343 e. The monoisotopic (exact) mass is 363 g/mol. The molecule has 3 aromatic heterocycles. The van der Waals surface area contributed by atoms with E-state index in [2.05, 4.69) is 26.3 Å². The molecule has 0 aliphatic heterocycles. The first-order chi connectivity index (χ1) is 12.9. The van der Waals surface area contributed by atoms with Gasteiger partial charge in [0.15, 0.2) is 5.69 Å². The van der Waals surface area contributed by atoms with E-state index in [1.54, 1.807) is 61.4 Å². The fraction of sp³-hybridized carbons (Fsp3) is 0.200. The normalized spacial score (nSPS) is 11.0. The maximum Gasteiger partial charge on any atom is 0.272 e. The highest BCUT2D eigenvalue weighted by Crippen LogP contribution is 2.22. The first kappa shape index (κ1) is 18.3. The molecule has 0 aliphatic carbocycles. The summed E-state index contributed by atoms with van der Waals surface area (Å²) in [5.74, 6) is 2.04. The SMILES string of the molecule is C#Cc1ccc(-c2cc(C(=O)NC(C)(C)CF)nn2-c2cccnc2)nc1. The van der Waals surface area contributed by atoms with E-state index in [1.165, 1.54) is 0 Å². The molecule has 0 aliphatic rings. The molecule has 0 radical (unpaired) electrons. The van der Waals surface area contributed by atoms with Crippen molar-refractivity contribution in [3.8, 4) is 29.4 Å². The summed E-state index contributed by atoms with van der Waals surface area (Å²) in [6, 6.07) is 8.70. The molecule has 0 saturated carbocycles. The van der Waals surface area contributed by atoms with Gasteiger partial charge in [0.2, 0.25) is 0 Å². The van der Waals surface area contributed by atoms with Crippen LogP contribution in [0.4, 0.5) is 4.39 Å². The Hall–Kier alpha value is -3.53. The molecule has 0 fully saturated rings. The van der Waals surface area contributed by atoms with Crippen LogP contribution < -0.4 is 5.32 Å². The Morgan fingerprint density at radius 1 is 1.33 bits per heavy atom. The van der Waals surface area contributed by atoms with Crippen LogP contribution in [-0.2, 0) is 0 Å². The number of hydrogen-bond donors (Lipinski definition) is 1. The van der Waals surface area contributed by atoms with Crippen molar-refractivity contribution in [2.75, 3.05) is 6.67 Å². The molecule has 0 bridgehead atoms. The van der Waals surface area contributed by atoms with Crippen molar-refractivity contribution in [2.24, 2.45) is 0 Å². The number of rotatable bonds is 5. The number of amides is 1. The Bertz CT molecular complexity index is 987. The molecule has 6 nitrogen and oxygen atoms in total. The fourth-order valence-electron chi connectivity index (χ4n) is 2.39. The van der Waals surface area contributed by atoms with Crippen LogP contribution in [0.5, 0.6) is 0 Å². The number of hydrogen-bond acceptors (Lipinski definition) is 4. The van der Waals surface area contributed by atoms with Crippen LogP contribution in [0.15, 0.2) is 48.9 Å². The lowest BCUT2D eigenvalue weighted by molar-refractivity contribution is 0.0894. The van der Waals surface area contributed by atoms with E-state index in [1.807, 2.05) is 6.07 Å². The van der Waals surface area contributed by atoms with Gasteiger partial charge in [0.05, 0.1) is 28.8 Å². The van der Waals surface area contributed by atoms with Crippen LogP contribution in [0, 0.1) is 12.3 Å². The van der Waals surface area contributed by atoms with Gasteiger partial charge in [-0.15, -0.1) is 6.42 Å². The van der Waals surface area contributed by atoms with Crippen LogP contribution >= 0.6 is 0 Å². The lowest BCUT2D eigenvalue weighted by Crippen LogP contribution is -2.45. The number of aromatic nitrogens is 4. The van der Waals surface area contributed by atoms with E-state index in [4.69, 9.17) is 6.42 Å². The molecule has 3 heterocycles. The number of alkyl halides is 1. The Kier molecular flexibility index (Phi) is 4.99. The molecule has 1 amide bonds. The van der Waals surface area contributed by atoms with E-state index >= 15 is 0 Å². The zero-order valence-electron chi connectivity index (χ0n) is 15.0. The van der Waals surface area contributed by atoms with Crippen molar-refractivity contribution in [1.29, 1.82) is 0 Å². The van der Waals surface area contributed by atoms with Gasteiger partial charge in [-0.25, -0.2) is 9.07 Å². The lowest BCUT2D eigenvalue weighted by atomic mass is 10.1. The molecule has 136 valence electrons. The standard InChI is InChI=1S/C20H18FN5O/c1-4-14-7-8-16(23-11-14)18-10-17(19(27)24-20(2,3)13-21)25-26(18)15-6-5-9-22-12-15/h1,5-12H,13H2,2-3H3,(H,24,27). The minimum Gasteiger partial charge on any atom is -0.343 e. The zero-order valence-corrected chi connectivity index (χ0v) is 15.0. The Morgan fingerprint density at radius 3 is 2.74 bits per heavy atom. The van der Waals surface area contributed by atoms with E-state index in [-0.39, 0.29) is 5.69 Å². The highest BCUT2D eigenvalue weighted by atomic mass is 19.1. The van der Waals surface area contributed by atoms with Crippen molar-refractivity contribution in [3.05, 3.63) is 60.2 Å². The number of nitrogens with zero attached hydrogens (tertiary/aromatic N) is 4. The summed E-state index contributed by atoms with van der Waals surface area (Å²) in [6.45, 7) is 2.51. The van der Waals surface area contributed by atoms with Gasteiger partial charge >= 0.3 is 0 Å². The molecular formula is C20H18FN5O. The second-order valence-electron chi connectivity index (χ2n) is 6.59. The fourth-order valence-corrected chi connectivity index (χ4v) is 2.39. The van der Waals surface area contributed by atoms with Gasteiger partial charge in [0.1, 0.15) is 6.67 Å². The Labute approximate surface area is 156 Å². The molecule has 3 rings (SSSR count). The number of carbonyl (C=O) groups excluding carboxylic acids is 1. The van der Waals surface area contributed by atoms with E-state index in [0.29, 0.717) is 22.6 Å². The number of halogens is 1. The lowest BCUT2D eigenvalue weighted by Gasteiger charge is -2.21. The Balaban J connectivity index is 2.06. The van der Waals surface area contributed by atoms with Gasteiger partial charge in [-0.2, -0.15) is 5.10 Å². The summed E-state index contributed by atoms with van der Waals surface area (Å²) in [5, 5.41) is 7.01. The molecule has 0 unspecified atom stereocenters. The van der Waals surface area contributed by atoms with Gasteiger partial charge in [0.25, 0.3) is 5.91 Å². The summed E-state index contributed by atoms with van der Waals surface area (Å²) in [4.78, 5) is 21.0. The quantitative estimate of drug-likeness (QED) is 0.708. The number of nitrogens with one attached hydrogen (secondary N) is 1. The van der Waals surface area contributed by atoms with Crippen molar-refractivity contribution >= 4 is 5.91 Å². The van der Waals surface area contributed by atoms with Crippen molar-refractivity contribution in [3.63, 3.8) is 0 Å². The Morgan fingerprint density at radius 2 is 2.15 bits per heavy atom. The first-order valence-corrected chi connectivity index (χ1v) is 8.25. The molecular weight excluding hydrogens is 345 g/mol. The average Bonchev–Trinajstić information content (AvgIpc) is 3.14. The van der Waals surface area contributed by atoms with Gasteiger partial charge in [-0.3, -0.25) is 14.8 Å². The number of carbonyl (C=O) groups is 1. The summed E-state index contributed by atoms with van der Waals surface area (Å²) < 4.78 is 14.6. The summed E-state index contributed by atoms with van der Waals surface area (Å²) in [7, 11) is 0. The zero-order chi connectivity index (χ0) is 19.4. The van der Waals surface area contributed by atoms with Crippen molar-refractivity contribution < 1.29 is 9.18 Å².